The van der Waals surface area contributed by atoms with Gasteiger partial charge in [0.05, 0.1) is 115 Å². The average molecular weight is 1310 g/mol. The van der Waals surface area contributed by atoms with Gasteiger partial charge in [0.1, 0.15) is 18.7 Å². The first-order valence-electron chi connectivity index (χ1n) is 31.2. The predicted octanol–water partition coefficient (Wildman–Crippen LogP) is 7.39. The number of allylic oxidation sites excluding steroid dienone is 4. The number of thioether (sulfide) groups is 1. The number of anilines is 2. The highest BCUT2D eigenvalue weighted by Gasteiger charge is 2.45. The van der Waals surface area contributed by atoms with Crippen molar-refractivity contribution in [2.75, 3.05) is 103 Å². The van der Waals surface area contributed by atoms with Crippen LogP contribution in [0.4, 0.5) is 21.9 Å². The van der Waals surface area contributed by atoms with Gasteiger partial charge >= 0.3 is 6.09 Å². The van der Waals surface area contributed by atoms with E-state index in [9.17, 15) is 38.7 Å². The third-order valence-corrected chi connectivity index (χ3v) is 16.3. The van der Waals surface area contributed by atoms with Gasteiger partial charge in [-0.25, -0.2) is 9.69 Å². The van der Waals surface area contributed by atoms with Gasteiger partial charge < -0.3 is 78.8 Å². The fraction of sp³-hybridized carbons (Fsp3) is 0.493. The SMILES string of the molecule is C/C=C/C1=CN2C(=O)c3cc(OC)c(OCCCOc4cc5c(cc4OC)C(=O)N4C=C(/C=C/C)C[C@H]4[C@H](O)N5C(=O)OCc4ccc(NC(=O)[C@H](C)NC(=O)[C@@H](NC(=O)CCOCCOCCOCCOCCNC(=O)CC(C)SC)C(C)C)cc4)cc3N=C[C@@H]2C1. The number of ether oxygens (including phenoxy) is 9. The van der Waals surface area contributed by atoms with Gasteiger partial charge in [-0.2, -0.15) is 11.8 Å². The smallest absolute Gasteiger partial charge is 0.416 e. The second kappa shape index (κ2) is 36.3. The lowest BCUT2D eigenvalue weighted by Gasteiger charge is -2.31. The van der Waals surface area contributed by atoms with E-state index >= 15 is 0 Å². The molecule has 4 aliphatic heterocycles. The van der Waals surface area contributed by atoms with Crippen LogP contribution in [0.5, 0.6) is 23.0 Å². The standard InChI is InChI=1S/C67H88N8O17S/c1-10-13-46-32-49-38-69-52-36-57(55(84-7)34-50(52)64(80)73(49)39-46)90-21-12-22-91-58-37-53-51(35-56(58)85-8)65(81)74-40-47(14-11-2)33-54(74)66(82)75(53)67(83)92-41-45-15-17-48(18-16-45)71-62(78)44(6)70-63(79)61(42(3)4)72-59(76)19-23-86-25-27-88-29-30-89-28-26-87-24-20-68-60(77)31-43(5)93-9/h10-11,13-18,34-40,42-44,49,54,61,66,82H,12,19-33,41H2,1-9H3,(H,68,77)(H,70,79)(H,71,78)(H,72,76)/b13-10+,14-11+/t43?,44-,49-,54-,61-,66-/m0/s1. The summed E-state index contributed by atoms with van der Waals surface area (Å²) in [5.41, 5.74) is 3.59. The van der Waals surface area contributed by atoms with Crippen LogP contribution in [0.2, 0.25) is 0 Å². The van der Waals surface area contributed by atoms with E-state index in [1.807, 2.05) is 57.5 Å². The highest BCUT2D eigenvalue weighted by Crippen LogP contribution is 2.43. The van der Waals surface area contributed by atoms with Crippen LogP contribution in [0, 0.1) is 5.92 Å². The third-order valence-electron chi connectivity index (χ3n) is 15.4. The van der Waals surface area contributed by atoms with E-state index in [4.69, 9.17) is 42.6 Å². The second-order valence-corrected chi connectivity index (χ2v) is 23.9. The molecule has 0 bridgehead atoms. The van der Waals surface area contributed by atoms with Crippen LogP contribution in [0.25, 0.3) is 0 Å². The number of amides is 7. The number of rotatable bonds is 36. The summed E-state index contributed by atoms with van der Waals surface area (Å²) < 4.78 is 51.6. The average Bonchev–Trinajstić information content (AvgIpc) is 1.73. The van der Waals surface area contributed by atoms with Crippen molar-refractivity contribution in [3.63, 3.8) is 0 Å². The van der Waals surface area contributed by atoms with E-state index < -0.39 is 54.1 Å². The number of aliphatic hydroxyl groups is 1. The fourth-order valence-corrected chi connectivity index (χ4v) is 10.7. The number of hydrogen-bond acceptors (Lipinski definition) is 19. The molecule has 93 heavy (non-hydrogen) atoms. The first kappa shape index (κ1) is 72.2. The summed E-state index contributed by atoms with van der Waals surface area (Å²) in [6, 6.07) is 9.66. The molecule has 25 nitrogen and oxygen atoms in total. The lowest BCUT2D eigenvalue weighted by molar-refractivity contribution is -0.132. The monoisotopic (exact) mass is 1310 g/mol. The minimum Gasteiger partial charge on any atom is -0.493 e. The minimum atomic E-state index is -1.58. The van der Waals surface area contributed by atoms with Gasteiger partial charge in [0, 0.05) is 67.5 Å². The van der Waals surface area contributed by atoms with Crippen molar-refractivity contribution in [1.29, 1.82) is 0 Å². The second-order valence-electron chi connectivity index (χ2n) is 22.6. The van der Waals surface area contributed by atoms with Crippen LogP contribution < -0.4 is 45.1 Å². The van der Waals surface area contributed by atoms with Crippen molar-refractivity contribution in [3.8, 4) is 23.0 Å². The number of carbonyl (C=O) groups excluding carboxylic acids is 7. The summed E-state index contributed by atoms with van der Waals surface area (Å²) in [5.74, 6) is -1.37. The van der Waals surface area contributed by atoms with E-state index in [1.165, 1.54) is 38.2 Å². The summed E-state index contributed by atoms with van der Waals surface area (Å²) in [4.78, 5) is 103. The molecule has 3 aromatic carbocycles. The summed E-state index contributed by atoms with van der Waals surface area (Å²) >= 11 is 1.65. The number of nitrogens with one attached hydrogen (secondary N) is 4. The molecule has 0 aromatic heterocycles. The molecule has 4 aliphatic rings. The third kappa shape index (κ3) is 20.4. The van der Waals surface area contributed by atoms with Gasteiger partial charge in [0.15, 0.2) is 29.2 Å². The molecule has 26 heteroatoms. The molecule has 504 valence electrons. The lowest BCUT2D eigenvalue weighted by atomic mass is 10.0. The zero-order valence-corrected chi connectivity index (χ0v) is 55.2. The minimum absolute atomic E-state index is 0.00378. The molecule has 0 saturated carbocycles. The summed E-state index contributed by atoms with van der Waals surface area (Å²) in [7, 11) is 2.91. The quantitative estimate of drug-likeness (QED) is 0.0355. The zero-order chi connectivity index (χ0) is 67.0. The Labute approximate surface area is 547 Å². The van der Waals surface area contributed by atoms with Crippen molar-refractivity contribution in [3.05, 3.63) is 113 Å². The maximum atomic E-state index is 14.4. The van der Waals surface area contributed by atoms with Crippen molar-refractivity contribution >= 4 is 76.6 Å². The summed E-state index contributed by atoms with van der Waals surface area (Å²) in [5, 5.41) is 23.4. The van der Waals surface area contributed by atoms with E-state index in [2.05, 4.69) is 26.3 Å². The molecule has 3 aromatic rings. The van der Waals surface area contributed by atoms with Gasteiger partial charge in [-0.3, -0.25) is 33.8 Å². The molecule has 0 saturated heterocycles. The van der Waals surface area contributed by atoms with Gasteiger partial charge in [-0.15, -0.1) is 0 Å². The number of carbonyl (C=O) groups is 7. The molecule has 0 fully saturated rings. The normalized spacial score (nSPS) is 17.5. The molecule has 1 unspecified atom stereocenters. The van der Waals surface area contributed by atoms with Gasteiger partial charge in [0.2, 0.25) is 23.6 Å². The molecular weight excluding hydrogens is 1220 g/mol. The highest BCUT2D eigenvalue weighted by atomic mass is 32.2. The van der Waals surface area contributed by atoms with Crippen molar-refractivity contribution in [1.82, 2.24) is 25.8 Å². The first-order chi connectivity index (χ1) is 44.9. The van der Waals surface area contributed by atoms with Crippen LogP contribution in [0.15, 0.2) is 101 Å². The van der Waals surface area contributed by atoms with Crippen LogP contribution in [0.3, 0.4) is 0 Å². The van der Waals surface area contributed by atoms with Crippen molar-refractivity contribution in [2.24, 2.45) is 10.9 Å². The van der Waals surface area contributed by atoms with Crippen LogP contribution in [-0.2, 0) is 49.5 Å². The summed E-state index contributed by atoms with van der Waals surface area (Å²) in [6.45, 7) is 13.8. The van der Waals surface area contributed by atoms with Gasteiger partial charge in [-0.05, 0) is 86.8 Å². The van der Waals surface area contributed by atoms with E-state index in [-0.39, 0.29) is 97.6 Å². The molecule has 0 aliphatic carbocycles. The first-order valence-corrected chi connectivity index (χ1v) is 32.5. The maximum Gasteiger partial charge on any atom is 0.416 e. The Hall–Kier alpha value is -8.27. The van der Waals surface area contributed by atoms with Crippen LogP contribution >= 0.6 is 11.8 Å². The highest BCUT2D eigenvalue weighted by molar-refractivity contribution is 7.99. The van der Waals surface area contributed by atoms with E-state index in [0.29, 0.717) is 99.4 Å². The number of benzene rings is 3. The van der Waals surface area contributed by atoms with E-state index in [1.54, 1.807) is 79.3 Å². The number of methoxy groups -OCH3 is 2. The number of hydrogen-bond donors (Lipinski definition) is 5. The van der Waals surface area contributed by atoms with Crippen molar-refractivity contribution < 1.29 is 81.3 Å². The number of aliphatic hydroxyl groups excluding tert-OH is 1. The molecule has 7 rings (SSSR count). The van der Waals surface area contributed by atoms with Crippen LogP contribution in [0.1, 0.15) is 99.9 Å². The lowest BCUT2D eigenvalue weighted by Crippen LogP contribution is -2.53. The Balaban J connectivity index is 0.865. The largest absolute Gasteiger partial charge is 0.493 e. The zero-order valence-electron chi connectivity index (χ0n) is 54.4. The Morgan fingerprint density at radius 3 is 1.91 bits per heavy atom. The molecular formula is C67H88N8O17S. The Morgan fingerprint density at radius 1 is 0.699 bits per heavy atom. The Bertz CT molecular complexity index is 3240. The van der Waals surface area contributed by atoms with Gasteiger partial charge in [-0.1, -0.05) is 57.2 Å². The van der Waals surface area contributed by atoms with E-state index in [0.717, 1.165) is 16.0 Å². The van der Waals surface area contributed by atoms with Crippen molar-refractivity contribution in [2.45, 2.75) is 116 Å². The van der Waals surface area contributed by atoms with Gasteiger partial charge in [0.25, 0.3) is 11.8 Å². The molecule has 4 heterocycles. The topological polar surface area (TPSA) is 293 Å². The predicted molar refractivity (Wildman–Crippen MR) is 351 cm³/mol. The number of fused-ring (bicyclic) bond motifs is 4. The van der Waals surface area contributed by atoms with Crippen LogP contribution in [-0.4, -0.2) is 191 Å². The number of nitrogens with zero attached hydrogens (tertiary/aromatic N) is 4. The Morgan fingerprint density at radius 2 is 1.29 bits per heavy atom. The maximum absolute atomic E-state index is 14.4. The summed E-state index contributed by atoms with van der Waals surface area (Å²) in [6.07, 6.45) is 13.9. The molecule has 5 N–H and O–H groups in total. The Kier molecular flexibility index (Phi) is 28.1. The number of aliphatic imine (C=N–C) groups is 1. The molecule has 0 radical (unpaired) electrons. The molecule has 6 atom stereocenters. The molecule has 7 amide bonds. The fourth-order valence-electron chi connectivity index (χ4n) is 10.4. The molecule has 0 spiro atoms.